The van der Waals surface area contributed by atoms with Gasteiger partial charge in [-0.05, 0) is 35.9 Å². The van der Waals surface area contributed by atoms with Crippen LogP contribution in [0.25, 0.3) is 11.0 Å². The van der Waals surface area contributed by atoms with Crippen molar-refractivity contribution in [2.24, 2.45) is 0 Å². The number of amides is 1. The molecule has 0 aliphatic heterocycles. The van der Waals surface area contributed by atoms with Gasteiger partial charge in [0, 0.05) is 23.5 Å². The number of carbonyl (C=O) groups is 1. The van der Waals surface area contributed by atoms with Crippen molar-refractivity contribution in [1.82, 2.24) is 4.98 Å². The maximum absolute atomic E-state index is 13.3. The Kier molecular flexibility index (Phi) is 4.49. The van der Waals surface area contributed by atoms with Gasteiger partial charge in [0.25, 0.3) is 5.91 Å². The number of rotatable bonds is 4. The van der Waals surface area contributed by atoms with E-state index in [0.29, 0.717) is 23.2 Å². The molecule has 0 saturated carbocycles. The van der Waals surface area contributed by atoms with Gasteiger partial charge < -0.3 is 9.32 Å². The van der Waals surface area contributed by atoms with E-state index in [2.05, 4.69) is 4.98 Å². The fraction of sp³-hybridized carbons (Fsp3) is 0.0455. The van der Waals surface area contributed by atoms with Gasteiger partial charge in [-0.15, -0.1) is 0 Å². The molecule has 0 radical (unpaired) electrons. The molecule has 132 valence electrons. The predicted molar refractivity (Wildman–Crippen MR) is 104 cm³/mol. The summed E-state index contributed by atoms with van der Waals surface area (Å²) in [5.41, 5.74) is 1.36. The molecule has 5 nitrogen and oxygen atoms in total. The highest BCUT2D eigenvalue weighted by Crippen LogP contribution is 2.20. The van der Waals surface area contributed by atoms with Crippen molar-refractivity contribution in [2.45, 2.75) is 6.54 Å². The molecule has 4 rings (SSSR count). The van der Waals surface area contributed by atoms with Gasteiger partial charge in [-0.2, -0.15) is 0 Å². The van der Waals surface area contributed by atoms with Crippen LogP contribution in [0.15, 0.2) is 94.4 Å². The molecule has 0 saturated heterocycles. The summed E-state index contributed by atoms with van der Waals surface area (Å²) in [6.07, 6.45) is 3.38. The molecule has 0 aliphatic rings. The molecule has 2 aromatic heterocycles. The van der Waals surface area contributed by atoms with Crippen LogP contribution in [0.2, 0.25) is 0 Å². The Labute approximate surface area is 155 Å². The van der Waals surface area contributed by atoms with Gasteiger partial charge in [0.1, 0.15) is 11.1 Å². The average molecular weight is 356 g/mol. The standard InChI is InChI=1S/C22H16N2O3/c25-21(19-13-17-8-4-5-11-20(17)27-22(19)26)24(18-9-2-1-3-10-18)15-16-7-6-12-23-14-16/h1-14H,15H2. The van der Waals surface area contributed by atoms with E-state index in [1.54, 1.807) is 35.5 Å². The van der Waals surface area contributed by atoms with Gasteiger partial charge in [0.2, 0.25) is 0 Å². The van der Waals surface area contributed by atoms with Crippen molar-refractivity contribution < 1.29 is 9.21 Å². The van der Waals surface area contributed by atoms with Crippen LogP contribution in [0.4, 0.5) is 5.69 Å². The molecule has 0 fully saturated rings. The Morgan fingerprint density at radius 1 is 0.963 bits per heavy atom. The zero-order chi connectivity index (χ0) is 18.6. The number of benzene rings is 2. The zero-order valence-electron chi connectivity index (χ0n) is 14.4. The SMILES string of the molecule is O=C(c1cc2ccccc2oc1=O)N(Cc1cccnc1)c1ccccc1. The molecule has 0 bridgehead atoms. The largest absolute Gasteiger partial charge is 0.422 e. The van der Waals surface area contributed by atoms with Gasteiger partial charge in [0.05, 0.1) is 6.54 Å². The Bertz CT molecular complexity index is 1140. The number of nitrogens with zero attached hydrogens (tertiary/aromatic N) is 2. The molecule has 0 N–H and O–H groups in total. The van der Waals surface area contributed by atoms with Crippen molar-refractivity contribution in [3.63, 3.8) is 0 Å². The summed E-state index contributed by atoms with van der Waals surface area (Å²) >= 11 is 0. The van der Waals surface area contributed by atoms with E-state index in [4.69, 9.17) is 4.42 Å². The van der Waals surface area contributed by atoms with E-state index >= 15 is 0 Å². The third-order valence-corrected chi connectivity index (χ3v) is 4.25. The molecular formula is C22H16N2O3. The van der Waals surface area contributed by atoms with Gasteiger partial charge >= 0.3 is 5.63 Å². The monoisotopic (exact) mass is 356 g/mol. The average Bonchev–Trinajstić information content (AvgIpc) is 2.72. The van der Waals surface area contributed by atoms with Crippen LogP contribution < -0.4 is 10.5 Å². The second-order valence-electron chi connectivity index (χ2n) is 6.07. The predicted octanol–water partition coefficient (Wildman–Crippen LogP) is 4.04. The first-order chi connectivity index (χ1) is 13.2. The Hall–Kier alpha value is -3.73. The van der Waals surface area contributed by atoms with E-state index in [-0.39, 0.29) is 5.56 Å². The van der Waals surface area contributed by atoms with Crippen molar-refractivity contribution in [1.29, 1.82) is 0 Å². The number of pyridine rings is 1. The number of para-hydroxylation sites is 2. The summed E-state index contributed by atoms with van der Waals surface area (Å²) in [5.74, 6) is -0.412. The first-order valence-corrected chi connectivity index (χ1v) is 8.51. The van der Waals surface area contributed by atoms with E-state index in [1.165, 1.54) is 0 Å². The summed E-state index contributed by atoms with van der Waals surface area (Å²) in [6, 6.07) is 21.7. The van der Waals surface area contributed by atoms with Crippen LogP contribution >= 0.6 is 0 Å². The zero-order valence-corrected chi connectivity index (χ0v) is 14.4. The van der Waals surface area contributed by atoms with E-state index in [0.717, 1.165) is 5.56 Å². The maximum Gasteiger partial charge on any atom is 0.349 e. The first kappa shape index (κ1) is 16.7. The van der Waals surface area contributed by atoms with Crippen LogP contribution in [0.3, 0.4) is 0 Å². The van der Waals surface area contributed by atoms with Crippen LogP contribution in [0, 0.1) is 0 Å². The van der Waals surface area contributed by atoms with E-state index in [9.17, 15) is 9.59 Å². The molecular weight excluding hydrogens is 340 g/mol. The van der Waals surface area contributed by atoms with E-state index in [1.807, 2.05) is 54.6 Å². The molecule has 27 heavy (non-hydrogen) atoms. The first-order valence-electron chi connectivity index (χ1n) is 8.51. The number of hydrogen-bond donors (Lipinski definition) is 0. The molecule has 0 unspecified atom stereocenters. The lowest BCUT2D eigenvalue weighted by Gasteiger charge is -2.22. The quantitative estimate of drug-likeness (QED) is 0.518. The lowest BCUT2D eigenvalue weighted by atomic mass is 10.1. The fourth-order valence-electron chi connectivity index (χ4n) is 2.92. The van der Waals surface area contributed by atoms with Crippen molar-refractivity contribution in [3.05, 3.63) is 107 Å². The number of fused-ring (bicyclic) bond motifs is 1. The Morgan fingerprint density at radius 2 is 1.74 bits per heavy atom. The van der Waals surface area contributed by atoms with Crippen LogP contribution in [0.1, 0.15) is 15.9 Å². The molecule has 1 amide bonds. The molecule has 4 aromatic rings. The van der Waals surface area contributed by atoms with Crippen molar-refractivity contribution >= 4 is 22.6 Å². The van der Waals surface area contributed by atoms with Crippen LogP contribution in [-0.2, 0) is 6.54 Å². The minimum atomic E-state index is -0.647. The molecule has 2 aromatic carbocycles. The minimum absolute atomic E-state index is 0.00134. The lowest BCUT2D eigenvalue weighted by Crippen LogP contribution is -2.33. The van der Waals surface area contributed by atoms with Gasteiger partial charge in [-0.1, -0.05) is 42.5 Å². The number of anilines is 1. The third kappa shape index (κ3) is 3.48. The Balaban J connectivity index is 1.79. The van der Waals surface area contributed by atoms with Gasteiger partial charge in [-0.25, -0.2) is 4.79 Å². The highest BCUT2D eigenvalue weighted by Gasteiger charge is 2.22. The highest BCUT2D eigenvalue weighted by molar-refractivity contribution is 6.07. The topological polar surface area (TPSA) is 63.4 Å². The summed E-state index contributed by atoms with van der Waals surface area (Å²) in [5, 5.41) is 0.704. The lowest BCUT2D eigenvalue weighted by molar-refractivity contribution is 0.0981. The Morgan fingerprint density at radius 3 is 2.52 bits per heavy atom. The normalized spacial score (nSPS) is 10.7. The highest BCUT2D eigenvalue weighted by atomic mass is 16.4. The summed E-state index contributed by atoms with van der Waals surface area (Å²) < 4.78 is 5.33. The number of hydrogen-bond acceptors (Lipinski definition) is 4. The molecule has 2 heterocycles. The smallest absolute Gasteiger partial charge is 0.349 e. The van der Waals surface area contributed by atoms with Crippen LogP contribution in [0.5, 0.6) is 0 Å². The second kappa shape index (κ2) is 7.25. The van der Waals surface area contributed by atoms with E-state index < -0.39 is 11.5 Å². The van der Waals surface area contributed by atoms with Crippen molar-refractivity contribution in [2.75, 3.05) is 4.90 Å². The van der Waals surface area contributed by atoms with Crippen LogP contribution in [-0.4, -0.2) is 10.9 Å². The third-order valence-electron chi connectivity index (χ3n) is 4.25. The molecule has 0 atom stereocenters. The fourth-order valence-corrected chi connectivity index (χ4v) is 2.92. The summed E-state index contributed by atoms with van der Waals surface area (Å²) in [4.78, 5) is 31.4. The molecule has 0 aliphatic carbocycles. The number of aromatic nitrogens is 1. The van der Waals surface area contributed by atoms with Gasteiger partial charge in [-0.3, -0.25) is 9.78 Å². The second-order valence-corrected chi connectivity index (χ2v) is 6.07. The maximum atomic E-state index is 13.3. The number of carbonyl (C=O) groups excluding carboxylic acids is 1. The molecule has 5 heteroatoms. The van der Waals surface area contributed by atoms with Gasteiger partial charge in [0.15, 0.2) is 0 Å². The summed E-state index contributed by atoms with van der Waals surface area (Å²) in [7, 11) is 0. The molecule has 0 spiro atoms. The summed E-state index contributed by atoms with van der Waals surface area (Å²) in [6.45, 7) is 0.295. The minimum Gasteiger partial charge on any atom is -0.422 e. The van der Waals surface area contributed by atoms with Crippen molar-refractivity contribution in [3.8, 4) is 0 Å².